The summed E-state index contributed by atoms with van der Waals surface area (Å²) in [5.41, 5.74) is 2.50. The van der Waals surface area contributed by atoms with Gasteiger partial charge in [-0.3, -0.25) is 14.1 Å². The number of aliphatic imine (C=N–C) groups is 1. The third kappa shape index (κ3) is 6.96. The molecule has 1 fully saturated rings. The number of piperidine rings is 1. The fraction of sp³-hybridized carbons (Fsp3) is 0.458. The van der Waals surface area contributed by atoms with Crippen LogP contribution < -0.4 is 10.6 Å². The minimum atomic E-state index is -0.876. The maximum Gasteiger partial charge on any atom is 0.191 e. The molecular formula is C24H34N4OS. The summed E-state index contributed by atoms with van der Waals surface area (Å²) in [5, 5.41) is 6.87. The topological polar surface area (TPSA) is 56.7 Å². The van der Waals surface area contributed by atoms with E-state index in [1.165, 1.54) is 5.56 Å². The molecule has 6 heteroatoms. The predicted octanol–water partition coefficient (Wildman–Crippen LogP) is 3.33. The first-order valence-corrected chi connectivity index (χ1v) is 12.3. The maximum atomic E-state index is 12.3. The standard InChI is InChI=1S/C24H34N4OS/c1-20(22-11-7-4-8-12-22)28-16-13-23(14-17-28)27-24(25-2)26-15-18-30(29)19-21-9-5-3-6-10-21/h3-12,20,23H,13-19H2,1-2H3,(H2,25,26,27). The highest BCUT2D eigenvalue weighted by atomic mass is 32.2. The van der Waals surface area contributed by atoms with Crippen molar-refractivity contribution in [2.75, 3.05) is 32.4 Å². The number of hydrogen-bond acceptors (Lipinski definition) is 3. The monoisotopic (exact) mass is 426 g/mol. The molecule has 0 radical (unpaired) electrons. The second-order valence-corrected chi connectivity index (χ2v) is 9.39. The summed E-state index contributed by atoms with van der Waals surface area (Å²) in [4.78, 5) is 6.90. The van der Waals surface area contributed by atoms with E-state index in [9.17, 15) is 4.21 Å². The van der Waals surface area contributed by atoms with Crippen LogP contribution in [0, 0.1) is 0 Å². The summed E-state index contributed by atoms with van der Waals surface area (Å²) >= 11 is 0. The first-order chi connectivity index (χ1) is 14.7. The van der Waals surface area contributed by atoms with Crippen LogP contribution in [0.4, 0.5) is 0 Å². The second kappa shape index (κ2) is 11.9. The van der Waals surface area contributed by atoms with Gasteiger partial charge in [-0.2, -0.15) is 0 Å². The molecule has 30 heavy (non-hydrogen) atoms. The van der Waals surface area contributed by atoms with Crippen LogP contribution in [-0.4, -0.2) is 53.5 Å². The van der Waals surface area contributed by atoms with E-state index in [0.717, 1.165) is 37.5 Å². The van der Waals surface area contributed by atoms with Crippen LogP contribution in [0.2, 0.25) is 0 Å². The molecule has 2 N–H and O–H groups in total. The molecule has 0 spiro atoms. The summed E-state index contributed by atoms with van der Waals surface area (Å²) in [5.74, 6) is 2.02. The number of benzene rings is 2. The zero-order valence-electron chi connectivity index (χ0n) is 18.1. The van der Waals surface area contributed by atoms with Crippen LogP contribution in [0.25, 0.3) is 0 Å². The van der Waals surface area contributed by atoms with Gasteiger partial charge in [-0.05, 0) is 30.9 Å². The van der Waals surface area contributed by atoms with Crippen molar-refractivity contribution in [1.82, 2.24) is 15.5 Å². The highest BCUT2D eigenvalue weighted by Crippen LogP contribution is 2.23. The molecule has 0 aromatic heterocycles. The van der Waals surface area contributed by atoms with Crippen LogP contribution in [0.3, 0.4) is 0 Å². The van der Waals surface area contributed by atoms with Crippen molar-refractivity contribution < 1.29 is 4.21 Å². The van der Waals surface area contributed by atoms with E-state index in [4.69, 9.17) is 0 Å². The van der Waals surface area contributed by atoms with Gasteiger partial charge in [0.15, 0.2) is 5.96 Å². The Hall–Kier alpha value is -2.18. The Morgan fingerprint density at radius 3 is 2.37 bits per heavy atom. The summed E-state index contributed by atoms with van der Waals surface area (Å²) < 4.78 is 12.3. The number of guanidine groups is 1. The maximum absolute atomic E-state index is 12.3. The van der Waals surface area contributed by atoms with Gasteiger partial charge < -0.3 is 10.6 Å². The summed E-state index contributed by atoms with van der Waals surface area (Å²) in [6.07, 6.45) is 2.19. The molecule has 0 aliphatic carbocycles. The molecule has 0 amide bonds. The second-order valence-electron chi connectivity index (χ2n) is 7.81. The third-order valence-corrected chi connectivity index (χ3v) is 7.03. The van der Waals surface area contributed by atoms with E-state index in [-0.39, 0.29) is 0 Å². The lowest BCUT2D eigenvalue weighted by Gasteiger charge is -2.37. The Bertz CT molecular complexity index is 804. The highest BCUT2D eigenvalue weighted by Gasteiger charge is 2.24. The van der Waals surface area contributed by atoms with Gasteiger partial charge in [0.2, 0.25) is 0 Å². The molecule has 1 heterocycles. The minimum absolute atomic E-state index is 0.422. The largest absolute Gasteiger partial charge is 0.355 e. The smallest absolute Gasteiger partial charge is 0.191 e. The van der Waals surface area contributed by atoms with Crippen molar-refractivity contribution in [2.45, 2.75) is 37.6 Å². The van der Waals surface area contributed by atoms with Gasteiger partial charge in [0, 0.05) is 61.1 Å². The van der Waals surface area contributed by atoms with Gasteiger partial charge in [-0.1, -0.05) is 60.7 Å². The van der Waals surface area contributed by atoms with Crippen molar-refractivity contribution in [3.05, 3.63) is 71.8 Å². The Kier molecular flexibility index (Phi) is 8.90. The van der Waals surface area contributed by atoms with Crippen LogP contribution in [0.5, 0.6) is 0 Å². The van der Waals surface area contributed by atoms with Crippen molar-refractivity contribution >= 4 is 16.8 Å². The van der Waals surface area contributed by atoms with Crippen LogP contribution in [-0.2, 0) is 16.6 Å². The number of nitrogens with zero attached hydrogens (tertiary/aromatic N) is 2. The van der Waals surface area contributed by atoms with Crippen molar-refractivity contribution in [2.24, 2.45) is 4.99 Å². The average Bonchev–Trinajstić information content (AvgIpc) is 2.79. The molecule has 0 saturated carbocycles. The SMILES string of the molecule is CN=C(NCCS(=O)Cc1ccccc1)NC1CCN(C(C)c2ccccc2)CC1. The Balaban J connectivity index is 1.37. The Morgan fingerprint density at radius 1 is 1.10 bits per heavy atom. The predicted molar refractivity (Wildman–Crippen MR) is 127 cm³/mol. The minimum Gasteiger partial charge on any atom is -0.355 e. The van der Waals surface area contributed by atoms with Gasteiger partial charge in [0.1, 0.15) is 0 Å². The van der Waals surface area contributed by atoms with Crippen molar-refractivity contribution in [3.8, 4) is 0 Å². The molecule has 3 rings (SSSR count). The van der Waals surface area contributed by atoms with E-state index in [2.05, 4.69) is 57.8 Å². The lowest BCUT2D eigenvalue weighted by molar-refractivity contribution is 0.158. The van der Waals surface area contributed by atoms with E-state index >= 15 is 0 Å². The van der Waals surface area contributed by atoms with Gasteiger partial charge in [0.25, 0.3) is 0 Å². The Morgan fingerprint density at radius 2 is 1.73 bits per heavy atom. The molecule has 2 atom stereocenters. The van der Waals surface area contributed by atoms with Gasteiger partial charge in [-0.25, -0.2) is 0 Å². The van der Waals surface area contributed by atoms with Crippen molar-refractivity contribution in [1.29, 1.82) is 0 Å². The quantitative estimate of drug-likeness (QED) is 0.502. The number of likely N-dealkylation sites (tertiary alicyclic amines) is 1. The zero-order chi connectivity index (χ0) is 21.2. The van der Waals surface area contributed by atoms with E-state index in [1.54, 1.807) is 7.05 Å². The summed E-state index contributed by atoms with van der Waals surface area (Å²) in [7, 11) is 0.918. The van der Waals surface area contributed by atoms with E-state index < -0.39 is 10.8 Å². The molecule has 2 unspecified atom stereocenters. The lowest BCUT2D eigenvalue weighted by atomic mass is 10.0. The first-order valence-electron chi connectivity index (χ1n) is 10.8. The number of hydrogen-bond donors (Lipinski definition) is 2. The van der Waals surface area contributed by atoms with Gasteiger partial charge in [0.05, 0.1) is 0 Å². The van der Waals surface area contributed by atoms with Gasteiger partial charge >= 0.3 is 0 Å². The summed E-state index contributed by atoms with van der Waals surface area (Å²) in [6.45, 7) is 5.10. The molecule has 2 aromatic carbocycles. The zero-order valence-corrected chi connectivity index (χ0v) is 18.9. The number of nitrogens with one attached hydrogen (secondary N) is 2. The van der Waals surface area contributed by atoms with Crippen LogP contribution in [0.1, 0.15) is 36.9 Å². The molecule has 5 nitrogen and oxygen atoms in total. The van der Waals surface area contributed by atoms with Crippen LogP contribution >= 0.6 is 0 Å². The van der Waals surface area contributed by atoms with E-state index in [1.807, 2.05) is 30.3 Å². The number of rotatable bonds is 8. The molecule has 1 aliphatic heterocycles. The molecule has 1 saturated heterocycles. The fourth-order valence-corrected chi connectivity index (χ4v) is 4.92. The lowest BCUT2D eigenvalue weighted by Crippen LogP contribution is -2.49. The van der Waals surface area contributed by atoms with Crippen molar-refractivity contribution in [3.63, 3.8) is 0 Å². The molecule has 162 valence electrons. The van der Waals surface area contributed by atoms with E-state index in [0.29, 0.717) is 30.1 Å². The molecule has 2 aromatic rings. The third-order valence-electron chi connectivity index (χ3n) is 5.72. The normalized spacial score (nSPS) is 18.0. The first kappa shape index (κ1) is 22.5. The molecule has 1 aliphatic rings. The molecular weight excluding hydrogens is 392 g/mol. The van der Waals surface area contributed by atoms with Crippen LogP contribution in [0.15, 0.2) is 65.7 Å². The fourth-order valence-electron chi connectivity index (χ4n) is 3.88. The molecule has 0 bridgehead atoms. The van der Waals surface area contributed by atoms with Gasteiger partial charge in [-0.15, -0.1) is 0 Å². The Labute approximate surface area is 183 Å². The highest BCUT2D eigenvalue weighted by molar-refractivity contribution is 7.84. The average molecular weight is 427 g/mol. The summed E-state index contributed by atoms with van der Waals surface area (Å²) in [6, 6.07) is 21.6.